The summed E-state index contributed by atoms with van der Waals surface area (Å²) >= 11 is 0. The third-order valence-corrected chi connectivity index (χ3v) is 8.51. The zero-order valence-corrected chi connectivity index (χ0v) is 20.9. The number of hydrogen-bond acceptors (Lipinski definition) is 7. The van der Waals surface area contributed by atoms with E-state index in [9.17, 15) is 13.2 Å². The van der Waals surface area contributed by atoms with Crippen LogP contribution in [0, 0.1) is 13.8 Å². The van der Waals surface area contributed by atoms with Crippen molar-refractivity contribution in [1.82, 2.24) is 43.4 Å². The van der Waals surface area contributed by atoms with Crippen LogP contribution in [-0.4, -0.2) is 83.9 Å². The van der Waals surface area contributed by atoms with Crippen LogP contribution in [0.1, 0.15) is 28.7 Å². The van der Waals surface area contributed by atoms with Gasteiger partial charge in [-0.05, 0) is 26.8 Å². The molecule has 0 spiro atoms. The lowest BCUT2D eigenvalue weighted by Crippen LogP contribution is -2.50. The Morgan fingerprint density at radius 3 is 2.46 bits per heavy atom. The normalized spacial score (nSPS) is 15.3. The molecule has 0 aromatic carbocycles. The minimum Gasteiger partial charge on any atom is -0.336 e. The van der Waals surface area contributed by atoms with Crippen molar-refractivity contribution in [2.24, 2.45) is 7.05 Å². The van der Waals surface area contributed by atoms with Crippen molar-refractivity contribution in [2.45, 2.75) is 32.2 Å². The standard InChI is InChI=1S/C22H27N9O3S/c1-5-29-14-18(15(2)26-29)19-6-7-23-21-17(12-25-31(19)21)22(32)28-8-10-30(11-9-28)35(33,34)20-13-24-27(4)16(20)3/h6-7,12-14H,5,8-11H2,1-4H3. The van der Waals surface area contributed by atoms with Gasteiger partial charge in [0.25, 0.3) is 5.91 Å². The zero-order chi connectivity index (χ0) is 24.9. The topological polar surface area (TPSA) is 124 Å². The van der Waals surface area contributed by atoms with E-state index in [-0.39, 0.29) is 37.0 Å². The molecule has 184 valence electrons. The minimum absolute atomic E-state index is 0.195. The van der Waals surface area contributed by atoms with Crippen molar-refractivity contribution >= 4 is 21.6 Å². The van der Waals surface area contributed by atoms with Gasteiger partial charge < -0.3 is 4.90 Å². The van der Waals surface area contributed by atoms with Crippen LogP contribution in [0.5, 0.6) is 0 Å². The number of carbonyl (C=O) groups excluding carboxylic acids is 1. The summed E-state index contributed by atoms with van der Waals surface area (Å²) in [4.78, 5) is 19.6. The molecule has 5 rings (SSSR count). The average molecular weight is 498 g/mol. The first-order chi connectivity index (χ1) is 16.7. The number of nitrogens with zero attached hydrogens (tertiary/aromatic N) is 9. The van der Waals surface area contributed by atoms with Crippen LogP contribution in [0.15, 0.2) is 35.7 Å². The fraction of sp³-hybridized carbons (Fsp3) is 0.409. The Morgan fingerprint density at radius 2 is 1.83 bits per heavy atom. The molecular weight excluding hydrogens is 470 g/mol. The Bertz CT molecular complexity index is 1520. The Kier molecular flexibility index (Phi) is 5.68. The lowest BCUT2D eigenvalue weighted by atomic mass is 10.2. The summed E-state index contributed by atoms with van der Waals surface area (Å²) < 4.78 is 32.6. The van der Waals surface area contributed by atoms with Crippen molar-refractivity contribution in [1.29, 1.82) is 0 Å². The number of fused-ring (bicyclic) bond motifs is 1. The van der Waals surface area contributed by atoms with Crippen molar-refractivity contribution in [2.75, 3.05) is 26.2 Å². The highest BCUT2D eigenvalue weighted by molar-refractivity contribution is 7.89. The molecule has 13 heteroatoms. The van der Waals surface area contributed by atoms with Gasteiger partial charge in [-0.2, -0.15) is 19.6 Å². The maximum absolute atomic E-state index is 13.4. The van der Waals surface area contributed by atoms with Crippen molar-refractivity contribution < 1.29 is 13.2 Å². The van der Waals surface area contributed by atoms with E-state index >= 15 is 0 Å². The van der Waals surface area contributed by atoms with Crippen LogP contribution in [0.3, 0.4) is 0 Å². The van der Waals surface area contributed by atoms with E-state index in [1.165, 1.54) is 21.4 Å². The molecule has 4 aromatic heterocycles. The number of rotatable bonds is 5. The molecule has 1 fully saturated rings. The van der Waals surface area contributed by atoms with Gasteiger partial charge in [-0.1, -0.05) is 0 Å². The Morgan fingerprint density at radius 1 is 1.09 bits per heavy atom. The van der Waals surface area contributed by atoms with Crippen LogP contribution in [-0.2, 0) is 23.6 Å². The van der Waals surface area contributed by atoms with Gasteiger partial charge in [0, 0.05) is 57.7 Å². The third kappa shape index (κ3) is 3.80. The molecule has 0 bridgehead atoms. The summed E-state index contributed by atoms with van der Waals surface area (Å²) in [5.41, 5.74) is 4.00. The Labute approximate surface area is 202 Å². The SMILES string of the molecule is CCn1cc(-c2ccnc3c(C(=O)N4CCN(S(=O)(=O)c5cnn(C)c5C)CC4)cnn23)c(C)n1. The molecule has 12 nitrogen and oxygen atoms in total. The van der Waals surface area contributed by atoms with Gasteiger partial charge in [-0.3, -0.25) is 14.2 Å². The Balaban J connectivity index is 1.37. The molecular formula is C22H27N9O3S. The van der Waals surface area contributed by atoms with Gasteiger partial charge in [-0.15, -0.1) is 0 Å². The van der Waals surface area contributed by atoms with Gasteiger partial charge >= 0.3 is 0 Å². The molecule has 0 saturated carbocycles. The molecule has 5 heterocycles. The highest BCUT2D eigenvalue weighted by Crippen LogP contribution is 2.25. The van der Waals surface area contributed by atoms with Crippen LogP contribution < -0.4 is 0 Å². The number of aryl methyl sites for hydroxylation is 3. The second-order valence-corrected chi connectivity index (χ2v) is 10.4. The van der Waals surface area contributed by atoms with Gasteiger partial charge in [-0.25, -0.2) is 17.9 Å². The molecule has 0 aliphatic carbocycles. The summed E-state index contributed by atoms with van der Waals surface area (Å²) in [6.07, 6.45) is 6.51. The average Bonchev–Trinajstić information content (AvgIpc) is 3.55. The molecule has 0 atom stereocenters. The van der Waals surface area contributed by atoms with E-state index in [4.69, 9.17) is 0 Å². The maximum Gasteiger partial charge on any atom is 0.259 e. The summed E-state index contributed by atoms with van der Waals surface area (Å²) in [5, 5.41) is 13.0. The lowest BCUT2D eigenvalue weighted by Gasteiger charge is -2.33. The van der Waals surface area contributed by atoms with E-state index in [1.807, 2.05) is 30.8 Å². The molecule has 1 aliphatic rings. The third-order valence-electron chi connectivity index (χ3n) is 6.51. The molecule has 0 radical (unpaired) electrons. The van der Waals surface area contributed by atoms with E-state index in [2.05, 4.69) is 20.3 Å². The Hall–Kier alpha value is -3.58. The smallest absolute Gasteiger partial charge is 0.259 e. The second kappa shape index (κ2) is 8.57. The molecule has 0 unspecified atom stereocenters. The van der Waals surface area contributed by atoms with Crippen molar-refractivity contribution in [3.8, 4) is 11.3 Å². The first-order valence-electron chi connectivity index (χ1n) is 11.4. The zero-order valence-electron chi connectivity index (χ0n) is 20.1. The predicted octanol–water partition coefficient (Wildman–Crippen LogP) is 1.11. The van der Waals surface area contributed by atoms with Gasteiger partial charge in [0.1, 0.15) is 10.5 Å². The fourth-order valence-electron chi connectivity index (χ4n) is 4.35. The van der Waals surface area contributed by atoms with E-state index in [1.54, 1.807) is 29.6 Å². The van der Waals surface area contributed by atoms with Crippen LogP contribution in [0.2, 0.25) is 0 Å². The highest BCUT2D eigenvalue weighted by atomic mass is 32.2. The van der Waals surface area contributed by atoms with Crippen molar-refractivity contribution in [3.05, 3.63) is 47.8 Å². The summed E-state index contributed by atoms with van der Waals surface area (Å²) in [5.74, 6) is -0.222. The van der Waals surface area contributed by atoms with E-state index < -0.39 is 10.0 Å². The number of piperazine rings is 1. The number of aromatic nitrogens is 7. The highest BCUT2D eigenvalue weighted by Gasteiger charge is 2.33. The molecule has 1 aliphatic heterocycles. The van der Waals surface area contributed by atoms with Crippen molar-refractivity contribution in [3.63, 3.8) is 0 Å². The quantitative estimate of drug-likeness (QED) is 0.405. The summed E-state index contributed by atoms with van der Waals surface area (Å²) in [6, 6.07) is 1.85. The summed E-state index contributed by atoms with van der Waals surface area (Å²) in [6.45, 7) is 7.38. The second-order valence-electron chi connectivity index (χ2n) is 8.52. The van der Waals surface area contributed by atoms with E-state index in [0.29, 0.717) is 16.9 Å². The molecule has 1 saturated heterocycles. The molecule has 1 amide bonds. The van der Waals surface area contributed by atoms with Crippen LogP contribution in [0.25, 0.3) is 16.9 Å². The largest absolute Gasteiger partial charge is 0.336 e. The van der Waals surface area contributed by atoms with Gasteiger partial charge in [0.15, 0.2) is 5.65 Å². The van der Waals surface area contributed by atoms with Gasteiger partial charge in [0.05, 0.1) is 29.5 Å². The van der Waals surface area contributed by atoms with Crippen LogP contribution >= 0.6 is 0 Å². The number of amides is 1. The first kappa shape index (κ1) is 23.2. The number of carbonyl (C=O) groups is 1. The summed E-state index contributed by atoms with van der Waals surface area (Å²) in [7, 11) is -1.97. The molecule has 0 N–H and O–H groups in total. The number of hydrogen-bond donors (Lipinski definition) is 0. The first-order valence-corrected chi connectivity index (χ1v) is 12.8. The molecule has 35 heavy (non-hydrogen) atoms. The minimum atomic E-state index is -3.67. The monoisotopic (exact) mass is 497 g/mol. The van der Waals surface area contributed by atoms with Crippen LogP contribution in [0.4, 0.5) is 0 Å². The maximum atomic E-state index is 13.4. The fourth-order valence-corrected chi connectivity index (χ4v) is 5.96. The lowest BCUT2D eigenvalue weighted by molar-refractivity contribution is 0.0699. The van der Waals surface area contributed by atoms with Gasteiger partial charge in [0.2, 0.25) is 10.0 Å². The predicted molar refractivity (Wildman–Crippen MR) is 127 cm³/mol. The number of sulfonamides is 1. The molecule has 4 aromatic rings. The van der Waals surface area contributed by atoms with E-state index in [0.717, 1.165) is 23.5 Å².